The molecule has 0 bridgehead atoms. The Morgan fingerprint density at radius 2 is 2.26 bits per heavy atom. The number of aromatic nitrogens is 3. The van der Waals surface area contributed by atoms with E-state index >= 15 is 0 Å². The molecule has 5 nitrogen and oxygen atoms in total. The van der Waals surface area contributed by atoms with Crippen LogP contribution in [0.15, 0.2) is 29.2 Å². The van der Waals surface area contributed by atoms with E-state index in [4.69, 9.17) is 0 Å². The fraction of sp³-hybridized carbons (Fsp3) is 0.357. The third-order valence-electron chi connectivity index (χ3n) is 3.48. The molecular formula is C14H15N3O2. The third kappa shape index (κ3) is 2.01. The Morgan fingerprint density at radius 3 is 3.00 bits per heavy atom. The van der Waals surface area contributed by atoms with Crippen LogP contribution in [-0.2, 0) is 0 Å². The van der Waals surface area contributed by atoms with Gasteiger partial charge in [-0.05, 0) is 32.3 Å². The average molecular weight is 257 g/mol. The Balaban J connectivity index is 2.25. The van der Waals surface area contributed by atoms with E-state index < -0.39 is 0 Å². The van der Waals surface area contributed by atoms with Crippen molar-refractivity contribution >= 4 is 5.78 Å². The van der Waals surface area contributed by atoms with Crippen LogP contribution in [0.1, 0.15) is 36.4 Å². The molecule has 2 aromatic heterocycles. The van der Waals surface area contributed by atoms with Gasteiger partial charge in [0.05, 0.1) is 5.56 Å². The quantitative estimate of drug-likeness (QED) is 0.793. The predicted molar refractivity (Wildman–Crippen MR) is 71.4 cm³/mol. The van der Waals surface area contributed by atoms with Crippen LogP contribution in [0.25, 0.3) is 5.78 Å². The van der Waals surface area contributed by atoms with E-state index in [0.29, 0.717) is 5.56 Å². The van der Waals surface area contributed by atoms with Crippen molar-refractivity contribution in [2.45, 2.75) is 32.1 Å². The highest BCUT2D eigenvalue weighted by Crippen LogP contribution is 2.29. The van der Waals surface area contributed by atoms with Gasteiger partial charge in [0.2, 0.25) is 11.7 Å². The van der Waals surface area contributed by atoms with Gasteiger partial charge in [-0.25, -0.2) is 4.98 Å². The Hall–Kier alpha value is -2.17. The molecule has 1 aliphatic rings. The molecule has 0 aliphatic heterocycles. The highest BCUT2D eigenvalue weighted by molar-refractivity contribution is 5.39. The van der Waals surface area contributed by atoms with Gasteiger partial charge in [0.1, 0.15) is 0 Å². The topological polar surface area (TPSA) is 67.5 Å². The summed E-state index contributed by atoms with van der Waals surface area (Å²) in [4.78, 5) is 20.7. The molecule has 1 aliphatic carbocycles. The first kappa shape index (κ1) is 11.9. The molecule has 3 rings (SSSR count). The van der Waals surface area contributed by atoms with Crippen molar-refractivity contribution in [1.29, 1.82) is 0 Å². The minimum absolute atomic E-state index is 0.0491. The molecule has 0 aromatic carbocycles. The zero-order valence-corrected chi connectivity index (χ0v) is 10.7. The molecule has 0 fully saturated rings. The second-order valence-corrected chi connectivity index (χ2v) is 4.86. The lowest BCUT2D eigenvalue weighted by Gasteiger charge is -2.17. The summed E-state index contributed by atoms with van der Waals surface area (Å²) in [6, 6.07) is 1.76. The fourth-order valence-electron chi connectivity index (χ4n) is 2.49. The average Bonchev–Trinajstić information content (AvgIpc) is 2.39. The van der Waals surface area contributed by atoms with Gasteiger partial charge in [-0.3, -0.25) is 9.20 Å². The summed E-state index contributed by atoms with van der Waals surface area (Å²) in [7, 11) is 0. The number of allylic oxidation sites excluding steroid dienone is 2. The molecule has 0 amide bonds. The van der Waals surface area contributed by atoms with Crippen LogP contribution >= 0.6 is 0 Å². The van der Waals surface area contributed by atoms with Gasteiger partial charge >= 0.3 is 0 Å². The SMILES string of the molecule is Cc1ccn2c(=O)c(C3C=CCCC3)c(O)nc2n1. The molecule has 0 saturated heterocycles. The maximum atomic E-state index is 12.4. The van der Waals surface area contributed by atoms with Gasteiger partial charge in [-0.15, -0.1) is 0 Å². The van der Waals surface area contributed by atoms with Crippen molar-refractivity contribution in [3.63, 3.8) is 0 Å². The molecule has 0 radical (unpaired) electrons. The van der Waals surface area contributed by atoms with E-state index in [9.17, 15) is 9.90 Å². The van der Waals surface area contributed by atoms with Crippen molar-refractivity contribution in [2.24, 2.45) is 0 Å². The zero-order valence-electron chi connectivity index (χ0n) is 10.7. The first-order valence-corrected chi connectivity index (χ1v) is 6.42. The summed E-state index contributed by atoms with van der Waals surface area (Å²) in [6.07, 6.45) is 8.61. The van der Waals surface area contributed by atoms with E-state index in [0.717, 1.165) is 25.0 Å². The Morgan fingerprint density at radius 1 is 1.42 bits per heavy atom. The molecule has 1 N–H and O–H groups in total. The molecule has 0 spiro atoms. The first-order valence-electron chi connectivity index (χ1n) is 6.42. The summed E-state index contributed by atoms with van der Waals surface area (Å²) < 4.78 is 1.39. The lowest BCUT2D eigenvalue weighted by atomic mass is 9.90. The molecule has 0 saturated carbocycles. The third-order valence-corrected chi connectivity index (χ3v) is 3.48. The molecule has 2 heterocycles. The second-order valence-electron chi connectivity index (χ2n) is 4.86. The van der Waals surface area contributed by atoms with Crippen molar-refractivity contribution < 1.29 is 5.11 Å². The van der Waals surface area contributed by atoms with Crippen LogP contribution in [0, 0.1) is 6.92 Å². The maximum absolute atomic E-state index is 12.4. The zero-order chi connectivity index (χ0) is 13.4. The maximum Gasteiger partial charge on any atom is 0.266 e. The van der Waals surface area contributed by atoms with E-state index in [2.05, 4.69) is 16.0 Å². The first-order chi connectivity index (χ1) is 9.16. The monoisotopic (exact) mass is 257 g/mol. The fourth-order valence-corrected chi connectivity index (χ4v) is 2.49. The lowest BCUT2D eigenvalue weighted by Crippen LogP contribution is -2.23. The standard InChI is InChI=1S/C14H15N3O2/c1-9-7-8-17-13(19)11(10-5-3-2-4-6-10)12(18)16-14(17)15-9/h3,5,7-8,10,18H,2,4,6H2,1H3. The number of aromatic hydroxyl groups is 1. The molecule has 5 heteroatoms. The number of aryl methyl sites for hydroxylation is 1. The summed E-state index contributed by atoms with van der Waals surface area (Å²) in [5, 5.41) is 10.0. The van der Waals surface area contributed by atoms with Gasteiger partial charge in [-0.2, -0.15) is 4.98 Å². The summed E-state index contributed by atoms with van der Waals surface area (Å²) in [5.41, 5.74) is 0.905. The number of nitrogens with zero attached hydrogens (tertiary/aromatic N) is 3. The van der Waals surface area contributed by atoms with Gasteiger partial charge < -0.3 is 5.11 Å². The van der Waals surface area contributed by atoms with Crippen LogP contribution in [-0.4, -0.2) is 19.5 Å². The van der Waals surface area contributed by atoms with E-state index in [1.165, 1.54) is 4.40 Å². The summed E-state index contributed by atoms with van der Waals surface area (Å²) in [5.74, 6) is -0.00218. The Kier molecular flexibility index (Phi) is 2.81. The van der Waals surface area contributed by atoms with Crippen LogP contribution < -0.4 is 5.56 Å². The van der Waals surface area contributed by atoms with Crippen LogP contribution in [0.5, 0.6) is 5.88 Å². The number of fused-ring (bicyclic) bond motifs is 1. The normalized spacial score (nSPS) is 18.9. The van der Waals surface area contributed by atoms with E-state index in [-0.39, 0.29) is 23.1 Å². The highest BCUT2D eigenvalue weighted by Gasteiger charge is 2.21. The Bertz CT molecular complexity index is 718. The van der Waals surface area contributed by atoms with Gasteiger partial charge in [0.15, 0.2) is 0 Å². The Labute approximate surface area is 110 Å². The lowest BCUT2D eigenvalue weighted by molar-refractivity contribution is 0.437. The van der Waals surface area contributed by atoms with E-state index in [1.54, 1.807) is 12.3 Å². The number of hydrogen-bond donors (Lipinski definition) is 1. The highest BCUT2D eigenvalue weighted by atomic mass is 16.3. The van der Waals surface area contributed by atoms with Crippen molar-refractivity contribution in [3.8, 4) is 5.88 Å². The van der Waals surface area contributed by atoms with Crippen molar-refractivity contribution in [1.82, 2.24) is 14.4 Å². The molecule has 2 aromatic rings. The summed E-state index contributed by atoms with van der Waals surface area (Å²) >= 11 is 0. The van der Waals surface area contributed by atoms with Crippen molar-refractivity contribution in [3.05, 3.63) is 46.0 Å². The minimum Gasteiger partial charge on any atom is -0.493 e. The van der Waals surface area contributed by atoms with Gasteiger partial charge in [0, 0.05) is 17.8 Å². The number of rotatable bonds is 1. The molecule has 1 unspecified atom stereocenters. The smallest absolute Gasteiger partial charge is 0.266 e. The van der Waals surface area contributed by atoms with Crippen molar-refractivity contribution in [2.75, 3.05) is 0 Å². The predicted octanol–water partition coefficient (Wildman–Crippen LogP) is 1.93. The largest absolute Gasteiger partial charge is 0.493 e. The van der Waals surface area contributed by atoms with Crippen LogP contribution in [0.4, 0.5) is 0 Å². The van der Waals surface area contributed by atoms with Gasteiger partial charge in [-0.1, -0.05) is 12.2 Å². The molecule has 1 atom stereocenters. The van der Waals surface area contributed by atoms with E-state index in [1.807, 2.05) is 13.0 Å². The van der Waals surface area contributed by atoms with Gasteiger partial charge in [0.25, 0.3) is 5.56 Å². The second kappa shape index (κ2) is 4.50. The molecular weight excluding hydrogens is 242 g/mol. The number of hydrogen-bond acceptors (Lipinski definition) is 4. The van der Waals surface area contributed by atoms with Crippen LogP contribution in [0.3, 0.4) is 0 Å². The minimum atomic E-state index is -0.230. The summed E-state index contributed by atoms with van der Waals surface area (Å²) in [6.45, 7) is 1.82. The molecule has 98 valence electrons. The molecule has 19 heavy (non-hydrogen) atoms. The van der Waals surface area contributed by atoms with Crippen LogP contribution in [0.2, 0.25) is 0 Å².